The van der Waals surface area contributed by atoms with E-state index in [-0.39, 0.29) is 0 Å². The first-order chi connectivity index (χ1) is 3.91. The summed E-state index contributed by atoms with van der Waals surface area (Å²) in [6, 6.07) is 0. The molecule has 0 aliphatic carbocycles. The number of oxime groups is 1. The Hall–Kier alpha value is -0.610. The van der Waals surface area contributed by atoms with Crippen LogP contribution in [-0.2, 0) is 0 Å². The van der Waals surface area contributed by atoms with Gasteiger partial charge in [0.05, 0.1) is 0 Å². The average Bonchev–Trinajstić information content (AvgIpc) is 1.88. The second-order valence-corrected chi connectivity index (χ2v) is 1.09. The van der Waals surface area contributed by atoms with Crippen LogP contribution in [0.15, 0.2) is 5.16 Å². The molecule has 0 bridgehead atoms. The zero-order chi connectivity index (χ0) is 6.83. The van der Waals surface area contributed by atoms with Crippen molar-refractivity contribution in [2.75, 3.05) is 0 Å². The summed E-state index contributed by atoms with van der Waals surface area (Å²) in [4.78, 5) is 0. The van der Waals surface area contributed by atoms with E-state index in [9.17, 15) is 0 Å². The van der Waals surface area contributed by atoms with Crippen LogP contribution < -0.4 is 11.7 Å². The third kappa shape index (κ3) is 18.2. The highest BCUT2D eigenvalue weighted by atomic mass is 16.4. The van der Waals surface area contributed by atoms with Crippen LogP contribution in [0.4, 0.5) is 0 Å². The second-order valence-electron chi connectivity index (χ2n) is 1.09. The van der Waals surface area contributed by atoms with E-state index in [1.54, 1.807) is 0 Å². The van der Waals surface area contributed by atoms with Crippen LogP contribution in [0.1, 0.15) is 19.8 Å². The number of hydrazine groups is 1. The predicted octanol–water partition coefficient (Wildman–Crippen LogP) is 0.0653. The molecule has 50 valence electrons. The molecule has 8 heavy (non-hydrogen) atoms. The minimum Gasteiger partial charge on any atom is -0.411 e. The van der Waals surface area contributed by atoms with Gasteiger partial charge in [0.25, 0.3) is 0 Å². The maximum absolute atomic E-state index is 7.77. The zero-order valence-corrected chi connectivity index (χ0v) is 5.04. The molecule has 0 rings (SSSR count). The Morgan fingerprint density at radius 2 is 2.12 bits per heavy atom. The van der Waals surface area contributed by atoms with Crippen LogP contribution in [0.25, 0.3) is 0 Å². The van der Waals surface area contributed by atoms with Gasteiger partial charge < -0.3 is 5.21 Å². The SMILES string of the molecule is CCCC=NO.NN. The number of nitrogens with zero attached hydrogens (tertiary/aromatic N) is 1. The van der Waals surface area contributed by atoms with Crippen molar-refractivity contribution in [3.63, 3.8) is 0 Å². The summed E-state index contributed by atoms with van der Waals surface area (Å²) in [7, 11) is 0. The number of unbranched alkanes of at least 4 members (excludes halogenated alkanes) is 1. The fraction of sp³-hybridized carbons (Fsp3) is 0.750. The smallest absolute Gasteiger partial charge is 0.0435 e. The maximum atomic E-state index is 7.77. The van der Waals surface area contributed by atoms with Gasteiger partial charge in [-0.3, -0.25) is 11.7 Å². The number of nitrogens with two attached hydrogens (primary N) is 2. The van der Waals surface area contributed by atoms with Gasteiger partial charge in [0.2, 0.25) is 0 Å². The first kappa shape index (κ1) is 10.4. The first-order valence-electron chi connectivity index (χ1n) is 2.41. The summed E-state index contributed by atoms with van der Waals surface area (Å²) in [5.41, 5.74) is 0. The van der Waals surface area contributed by atoms with Gasteiger partial charge in [0.15, 0.2) is 0 Å². The predicted molar refractivity (Wildman–Crippen MR) is 33.6 cm³/mol. The normalized spacial score (nSPS) is 8.38. The molecule has 0 radical (unpaired) electrons. The lowest BCUT2D eigenvalue weighted by Gasteiger charge is -1.74. The molecule has 0 aliphatic heterocycles. The van der Waals surface area contributed by atoms with Gasteiger partial charge in [-0.1, -0.05) is 13.3 Å². The van der Waals surface area contributed by atoms with E-state index in [0.717, 1.165) is 12.8 Å². The topological polar surface area (TPSA) is 84.6 Å². The molecule has 5 N–H and O–H groups in total. The molecule has 0 aromatic heterocycles. The Morgan fingerprint density at radius 1 is 1.62 bits per heavy atom. The molecule has 0 amide bonds. The van der Waals surface area contributed by atoms with E-state index in [1.807, 2.05) is 6.92 Å². The molecule has 0 aromatic carbocycles. The molecule has 4 nitrogen and oxygen atoms in total. The Kier molecular flexibility index (Phi) is 21.0. The minimum absolute atomic E-state index is 0.872. The molecule has 0 aromatic rings. The van der Waals surface area contributed by atoms with Gasteiger partial charge in [0, 0.05) is 6.21 Å². The quantitative estimate of drug-likeness (QED) is 0.208. The van der Waals surface area contributed by atoms with Crippen molar-refractivity contribution in [3.05, 3.63) is 0 Å². The Labute approximate surface area is 49.1 Å². The number of hydrogen-bond donors (Lipinski definition) is 3. The van der Waals surface area contributed by atoms with Gasteiger partial charge in [0.1, 0.15) is 0 Å². The van der Waals surface area contributed by atoms with E-state index in [0.29, 0.717) is 0 Å². The van der Waals surface area contributed by atoms with Crippen molar-refractivity contribution in [2.24, 2.45) is 16.8 Å². The highest BCUT2D eigenvalue weighted by Gasteiger charge is 1.67. The Bertz CT molecular complexity index is 46.5. The molecule has 0 unspecified atom stereocenters. The van der Waals surface area contributed by atoms with Gasteiger partial charge in [-0.05, 0) is 6.42 Å². The van der Waals surface area contributed by atoms with Crippen molar-refractivity contribution < 1.29 is 5.21 Å². The van der Waals surface area contributed by atoms with E-state index in [4.69, 9.17) is 5.21 Å². The molecular weight excluding hydrogens is 106 g/mol. The molecule has 0 aliphatic rings. The molecule has 0 saturated heterocycles. The maximum Gasteiger partial charge on any atom is 0.0435 e. The lowest BCUT2D eigenvalue weighted by atomic mass is 10.4. The fourth-order valence-electron chi connectivity index (χ4n) is 0.187. The Balaban J connectivity index is 0. The van der Waals surface area contributed by atoms with Gasteiger partial charge in [-0.2, -0.15) is 0 Å². The van der Waals surface area contributed by atoms with Crippen molar-refractivity contribution in [3.8, 4) is 0 Å². The third-order valence-corrected chi connectivity index (χ3v) is 0.499. The summed E-state index contributed by atoms with van der Waals surface area (Å²) in [5.74, 6) is 8.00. The van der Waals surface area contributed by atoms with E-state index in [1.165, 1.54) is 6.21 Å². The second kappa shape index (κ2) is 16.2. The monoisotopic (exact) mass is 119 g/mol. The molecule has 0 fully saturated rings. The van der Waals surface area contributed by atoms with Crippen molar-refractivity contribution in [1.82, 2.24) is 0 Å². The van der Waals surface area contributed by atoms with E-state index < -0.39 is 0 Å². The summed E-state index contributed by atoms with van der Waals surface area (Å²) < 4.78 is 0. The standard InChI is InChI=1S/C4H9NO.H4N2/c1-2-3-4-5-6;1-2/h4,6H,2-3H2,1H3;1-2H2. The summed E-state index contributed by atoms with van der Waals surface area (Å²) in [6.45, 7) is 2.03. The number of hydrogen-bond acceptors (Lipinski definition) is 4. The summed E-state index contributed by atoms with van der Waals surface area (Å²) in [6.07, 6.45) is 3.40. The third-order valence-electron chi connectivity index (χ3n) is 0.499. The van der Waals surface area contributed by atoms with Gasteiger partial charge in [-0.15, -0.1) is 5.16 Å². The van der Waals surface area contributed by atoms with Crippen LogP contribution in [0, 0.1) is 0 Å². The van der Waals surface area contributed by atoms with Crippen molar-refractivity contribution in [2.45, 2.75) is 19.8 Å². The zero-order valence-electron chi connectivity index (χ0n) is 5.04. The van der Waals surface area contributed by atoms with Crippen molar-refractivity contribution in [1.29, 1.82) is 0 Å². The van der Waals surface area contributed by atoms with E-state index in [2.05, 4.69) is 16.8 Å². The Morgan fingerprint density at radius 3 is 2.25 bits per heavy atom. The van der Waals surface area contributed by atoms with Crippen LogP contribution in [0.5, 0.6) is 0 Å². The summed E-state index contributed by atoms with van der Waals surface area (Å²) >= 11 is 0. The highest BCUT2D eigenvalue weighted by molar-refractivity contribution is 5.55. The lowest BCUT2D eigenvalue weighted by Crippen LogP contribution is -2.02. The molecule has 4 heteroatoms. The average molecular weight is 119 g/mol. The molecule has 0 saturated carbocycles. The van der Waals surface area contributed by atoms with Crippen LogP contribution in [0.3, 0.4) is 0 Å². The minimum atomic E-state index is 0.872. The molecular formula is C4H13N3O. The van der Waals surface area contributed by atoms with Crippen molar-refractivity contribution >= 4 is 6.21 Å². The largest absolute Gasteiger partial charge is 0.411 e. The van der Waals surface area contributed by atoms with Gasteiger partial charge in [-0.25, -0.2) is 0 Å². The number of rotatable bonds is 2. The fourth-order valence-corrected chi connectivity index (χ4v) is 0.187. The highest BCUT2D eigenvalue weighted by Crippen LogP contribution is 1.77. The lowest BCUT2D eigenvalue weighted by molar-refractivity contribution is 0.320. The van der Waals surface area contributed by atoms with Gasteiger partial charge >= 0.3 is 0 Å². The molecule has 0 heterocycles. The summed E-state index contributed by atoms with van der Waals surface area (Å²) in [5, 5.41) is 10.6. The first-order valence-corrected chi connectivity index (χ1v) is 2.41. The van der Waals surface area contributed by atoms with Crippen LogP contribution in [0.2, 0.25) is 0 Å². The molecule has 0 spiro atoms. The molecule has 0 atom stereocenters. The van der Waals surface area contributed by atoms with E-state index >= 15 is 0 Å². The van der Waals surface area contributed by atoms with Crippen LogP contribution in [-0.4, -0.2) is 11.4 Å². The van der Waals surface area contributed by atoms with Crippen LogP contribution >= 0.6 is 0 Å².